The first-order valence-corrected chi connectivity index (χ1v) is 7.17. The van der Waals surface area contributed by atoms with E-state index in [2.05, 4.69) is 5.32 Å². The van der Waals surface area contributed by atoms with E-state index in [1.807, 2.05) is 51.3 Å². The molecule has 0 aliphatic carbocycles. The lowest BCUT2D eigenvalue weighted by Gasteiger charge is -2.19. The fraction of sp³-hybridized carbons (Fsp3) is 0.500. The highest BCUT2D eigenvalue weighted by molar-refractivity contribution is 7.98. The number of carbonyl (C=O) groups excluding carboxylic acids is 1. The number of aliphatic hydroxyl groups is 1. The van der Waals surface area contributed by atoms with Crippen molar-refractivity contribution in [2.75, 3.05) is 12.8 Å². The summed E-state index contributed by atoms with van der Waals surface area (Å²) in [5.74, 6) is -0.0534. The number of aliphatic hydroxyl groups excluding tert-OH is 1. The van der Waals surface area contributed by atoms with Crippen molar-refractivity contribution in [3.63, 3.8) is 0 Å². The Morgan fingerprint density at radius 3 is 2.33 bits per heavy atom. The maximum absolute atomic E-state index is 11.7. The second-order valence-corrected chi connectivity index (χ2v) is 6.13. The molecule has 18 heavy (non-hydrogen) atoms. The molecule has 4 heteroatoms. The minimum Gasteiger partial charge on any atom is -0.387 e. The molecule has 0 heterocycles. The van der Waals surface area contributed by atoms with E-state index in [1.165, 1.54) is 0 Å². The second kappa shape index (κ2) is 6.25. The Labute approximate surface area is 113 Å². The van der Waals surface area contributed by atoms with Crippen LogP contribution in [0.2, 0.25) is 0 Å². The summed E-state index contributed by atoms with van der Waals surface area (Å²) < 4.78 is 0. The highest BCUT2D eigenvalue weighted by Crippen LogP contribution is 2.19. The van der Waals surface area contributed by atoms with Gasteiger partial charge in [0.15, 0.2) is 0 Å². The average molecular weight is 267 g/mol. The number of rotatable bonds is 4. The Morgan fingerprint density at radius 2 is 1.89 bits per heavy atom. The van der Waals surface area contributed by atoms with Crippen molar-refractivity contribution in [2.24, 2.45) is 5.41 Å². The largest absolute Gasteiger partial charge is 0.387 e. The number of thioether (sulfide) groups is 1. The quantitative estimate of drug-likeness (QED) is 0.824. The summed E-state index contributed by atoms with van der Waals surface area (Å²) in [4.78, 5) is 12.8. The molecule has 0 unspecified atom stereocenters. The highest BCUT2D eigenvalue weighted by Gasteiger charge is 2.21. The van der Waals surface area contributed by atoms with Gasteiger partial charge in [-0.1, -0.05) is 32.9 Å². The standard InChI is InChI=1S/C14H21NO2S/c1-14(2,3)13(17)15-9-12(16)10-5-7-11(18-4)8-6-10/h5-8,12,16H,9H2,1-4H3,(H,15,17)/t12-/m1/s1. The maximum Gasteiger partial charge on any atom is 0.225 e. The normalized spacial score (nSPS) is 13.2. The lowest BCUT2D eigenvalue weighted by Crippen LogP contribution is -2.37. The van der Waals surface area contributed by atoms with E-state index in [-0.39, 0.29) is 12.5 Å². The zero-order valence-corrected chi connectivity index (χ0v) is 12.2. The van der Waals surface area contributed by atoms with Crippen molar-refractivity contribution in [3.8, 4) is 0 Å². The zero-order valence-electron chi connectivity index (χ0n) is 11.4. The first kappa shape index (κ1) is 15.1. The lowest BCUT2D eigenvalue weighted by molar-refractivity contribution is -0.128. The molecular weight excluding hydrogens is 246 g/mol. The number of hydrogen-bond acceptors (Lipinski definition) is 3. The zero-order chi connectivity index (χ0) is 13.8. The molecule has 1 rings (SSSR count). The van der Waals surface area contributed by atoms with Gasteiger partial charge in [-0.25, -0.2) is 0 Å². The lowest BCUT2D eigenvalue weighted by atomic mass is 9.95. The van der Waals surface area contributed by atoms with Crippen LogP contribution in [-0.4, -0.2) is 23.8 Å². The Bertz CT molecular complexity index is 395. The maximum atomic E-state index is 11.7. The van der Waals surface area contributed by atoms with Crippen molar-refractivity contribution in [1.29, 1.82) is 0 Å². The van der Waals surface area contributed by atoms with Crippen molar-refractivity contribution >= 4 is 17.7 Å². The van der Waals surface area contributed by atoms with E-state index in [9.17, 15) is 9.90 Å². The molecule has 0 bridgehead atoms. The van der Waals surface area contributed by atoms with Crippen LogP contribution >= 0.6 is 11.8 Å². The van der Waals surface area contributed by atoms with Crippen LogP contribution in [0.1, 0.15) is 32.4 Å². The average Bonchev–Trinajstić information content (AvgIpc) is 2.34. The summed E-state index contributed by atoms with van der Waals surface area (Å²) >= 11 is 1.66. The van der Waals surface area contributed by atoms with Gasteiger partial charge in [-0.2, -0.15) is 0 Å². The SMILES string of the molecule is CSc1ccc([C@H](O)CNC(=O)C(C)(C)C)cc1. The Hall–Kier alpha value is -1.00. The van der Waals surface area contributed by atoms with Gasteiger partial charge < -0.3 is 10.4 Å². The highest BCUT2D eigenvalue weighted by atomic mass is 32.2. The van der Waals surface area contributed by atoms with Gasteiger partial charge in [0.1, 0.15) is 0 Å². The van der Waals surface area contributed by atoms with Gasteiger partial charge in [0.2, 0.25) is 5.91 Å². The third-order valence-electron chi connectivity index (χ3n) is 2.64. The second-order valence-electron chi connectivity index (χ2n) is 5.25. The van der Waals surface area contributed by atoms with Gasteiger partial charge >= 0.3 is 0 Å². The first-order valence-electron chi connectivity index (χ1n) is 5.95. The van der Waals surface area contributed by atoms with Gasteiger partial charge in [0.05, 0.1) is 6.10 Å². The molecule has 0 radical (unpaired) electrons. The molecule has 0 spiro atoms. The fourth-order valence-corrected chi connectivity index (χ4v) is 1.81. The van der Waals surface area contributed by atoms with Crippen LogP contribution in [0.15, 0.2) is 29.2 Å². The third-order valence-corrected chi connectivity index (χ3v) is 3.38. The van der Waals surface area contributed by atoms with E-state index in [0.717, 1.165) is 10.5 Å². The third kappa shape index (κ3) is 4.35. The molecule has 0 aliphatic heterocycles. The van der Waals surface area contributed by atoms with Crippen molar-refractivity contribution in [2.45, 2.75) is 31.8 Å². The molecule has 2 N–H and O–H groups in total. The van der Waals surface area contributed by atoms with Gasteiger partial charge in [-0.15, -0.1) is 11.8 Å². The molecule has 0 fully saturated rings. The number of nitrogens with one attached hydrogen (secondary N) is 1. The molecule has 1 atom stereocenters. The molecule has 1 amide bonds. The van der Waals surface area contributed by atoms with E-state index in [0.29, 0.717) is 0 Å². The summed E-state index contributed by atoms with van der Waals surface area (Å²) in [6.07, 6.45) is 1.35. The summed E-state index contributed by atoms with van der Waals surface area (Å²) in [5.41, 5.74) is 0.393. The van der Waals surface area contributed by atoms with Crippen LogP contribution in [-0.2, 0) is 4.79 Å². The van der Waals surface area contributed by atoms with E-state index in [1.54, 1.807) is 11.8 Å². The first-order chi connectivity index (χ1) is 8.34. The predicted molar refractivity (Wildman–Crippen MR) is 75.6 cm³/mol. The molecule has 0 saturated carbocycles. The van der Waals surface area contributed by atoms with E-state index in [4.69, 9.17) is 0 Å². The molecule has 0 aliphatic rings. The van der Waals surface area contributed by atoms with Crippen molar-refractivity contribution in [3.05, 3.63) is 29.8 Å². The fourth-order valence-electron chi connectivity index (χ4n) is 1.40. The van der Waals surface area contributed by atoms with E-state index >= 15 is 0 Å². The summed E-state index contributed by atoms with van der Waals surface area (Å²) in [5, 5.41) is 12.7. The van der Waals surface area contributed by atoms with Gasteiger partial charge in [-0.3, -0.25) is 4.79 Å². The molecule has 1 aromatic carbocycles. The Balaban J connectivity index is 2.55. The number of hydrogen-bond donors (Lipinski definition) is 2. The minimum atomic E-state index is -0.660. The van der Waals surface area contributed by atoms with Gasteiger partial charge in [-0.05, 0) is 24.0 Å². The summed E-state index contributed by atoms with van der Waals surface area (Å²) in [7, 11) is 0. The van der Waals surface area contributed by atoms with Gasteiger partial charge in [0.25, 0.3) is 0 Å². The Kier molecular flexibility index (Phi) is 5.23. The smallest absolute Gasteiger partial charge is 0.225 e. The van der Waals surface area contributed by atoms with Crippen LogP contribution in [0, 0.1) is 5.41 Å². The molecule has 100 valence electrons. The number of benzene rings is 1. The predicted octanol–water partition coefficient (Wildman–Crippen LogP) is 2.60. The van der Waals surface area contributed by atoms with Crippen LogP contribution in [0.3, 0.4) is 0 Å². The molecular formula is C14H21NO2S. The van der Waals surface area contributed by atoms with Crippen LogP contribution in [0.25, 0.3) is 0 Å². The molecule has 1 aromatic rings. The monoisotopic (exact) mass is 267 g/mol. The van der Waals surface area contributed by atoms with Crippen LogP contribution in [0.4, 0.5) is 0 Å². The number of amides is 1. The molecule has 0 saturated heterocycles. The molecule has 0 aromatic heterocycles. The van der Waals surface area contributed by atoms with Crippen molar-refractivity contribution < 1.29 is 9.90 Å². The Morgan fingerprint density at radius 1 is 1.33 bits per heavy atom. The summed E-state index contributed by atoms with van der Waals surface area (Å²) in [6, 6.07) is 7.71. The van der Waals surface area contributed by atoms with Crippen LogP contribution in [0.5, 0.6) is 0 Å². The topological polar surface area (TPSA) is 49.3 Å². The van der Waals surface area contributed by atoms with E-state index < -0.39 is 11.5 Å². The summed E-state index contributed by atoms with van der Waals surface area (Å²) in [6.45, 7) is 5.79. The van der Waals surface area contributed by atoms with Gasteiger partial charge in [0, 0.05) is 16.9 Å². The minimum absolute atomic E-state index is 0.0534. The van der Waals surface area contributed by atoms with Crippen LogP contribution < -0.4 is 5.32 Å². The molecule has 3 nitrogen and oxygen atoms in total. The number of carbonyl (C=O) groups is 1. The van der Waals surface area contributed by atoms with Crippen molar-refractivity contribution in [1.82, 2.24) is 5.32 Å².